The topological polar surface area (TPSA) is 64.6 Å². The van der Waals surface area contributed by atoms with Crippen molar-refractivity contribution < 1.29 is 23.5 Å². The fourth-order valence-corrected chi connectivity index (χ4v) is 1.30. The summed E-state index contributed by atoms with van der Waals surface area (Å²) in [5.74, 6) is -0.660. The zero-order chi connectivity index (χ0) is 14.1. The molecule has 1 amide bonds. The zero-order valence-corrected chi connectivity index (χ0v) is 10.6. The molecule has 0 unspecified atom stereocenters. The maximum atomic E-state index is 13.2. The van der Waals surface area contributed by atoms with Crippen molar-refractivity contribution in [3.63, 3.8) is 0 Å². The number of alkyl carbamates (subject to hydrolysis) is 1. The first-order valence-corrected chi connectivity index (χ1v) is 5.77. The summed E-state index contributed by atoms with van der Waals surface area (Å²) in [6.45, 7) is -0.177. The highest BCUT2D eigenvalue weighted by molar-refractivity contribution is 5.70. The second-order valence-corrected chi connectivity index (χ2v) is 3.82. The number of benzene rings is 1. The van der Waals surface area contributed by atoms with Gasteiger partial charge in [0.15, 0.2) is 0 Å². The lowest BCUT2D eigenvalue weighted by atomic mass is 10.2. The third kappa shape index (κ3) is 6.40. The Kier molecular flexibility index (Phi) is 6.35. The predicted molar refractivity (Wildman–Crippen MR) is 66.2 cm³/mol. The molecule has 1 rings (SSSR count). The molecule has 0 heterocycles. The number of methoxy groups -OCH3 is 1. The van der Waals surface area contributed by atoms with Gasteiger partial charge in [-0.3, -0.25) is 4.79 Å². The number of alkyl halides is 1. The lowest BCUT2D eigenvalue weighted by molar-refractivity contribution is -0.141. The van der Waals surface area contributed by atoms with Crippen molar-refractivity contribution >= 4 is 12.1 Å². The Balaban J connectivity index is 2.19. The molecular weight excluding hydrogens is 253 g/mol. The number of rotatable bonds is 6. The summed E-state index contributed by atoms with van der Waals surface area (Å²) < 4.78 is 22.4. The second-order valence-electron chi connectivity index (χ2n) is 3.82. The molecule has 0 aliphatic carbocycles. The Bertz CT molecular complexity index is 410. The summed E-state index contributed by atoms with van der Waals surface area (Å²) in [6, 6.07) is 9.12. The number of ether oxygens (including phenoxy) is 2. The van der Waals surface area contributed by atoms with E-state index in [1.807, 2.05) is 30.3 Å². The van der Waals surface area contributed by atoms with Gasteiger partial charge in [-0.05, 0) is 5.56 Å². The van der Waals surface area contributed by atoms with Gasteiger partial charge in [-0.2, -0.15) is 0 Å². The molecule has 0 aliphatic rings. The molecule has 0 spiro atoms. The van der Waals surface area contributed by atoms with Crippen LogP contribution < -0.4 is 5.32 Å². The van der Waals surface area contributed by atoms with E-state index in [2.05, 4.69) is 10.1 Å². The van der Waals surface area contributed by atoms with Crippen LogP contribution in [0.25, 0.3) is 0 Å². The highest BCUT2D eigenvalue weighted by Crippen LogP contribution is 2.01. The SMILES string of the molecule is COC(=O)C[C@@H](F)CNC(=O)OCc1ccccc1. The summed E-state index contributed by atoms with van der Waals surface area (Å²) in [5.41, 5.74) is 0.837. The highest BCUT2D eigenvalue weighted by Gasteiger charge is 2.14. The molecule has 0 saturated carbocycles. The van der Waals surface area contributed by atoms with Gasteiger partial charge >= 0.3 is 12.1 Å². The van der Waals surface area contributed by atoms with E-state index in [4.69, 9.17) is 4.74 Å². The lowest BCUT2D eigenvalue weighted by Crippen LogP contribution is -2.31. The minimum atomic E-state index is -1.49. The summed E-state index contributed by atoms with van der Waals surface area (Å²) >= 11 is 0. The van der Waals surface area contributed by atoms with Crippen molar-refractivity contribution in [3.8, 4) is 0 Å². The quantitative estimate of drug-likeness (QED) is 0.800. The van der Waals surface area contributed by atoms with E-state index in [0.717, 1.165) is 5.56 Å². The van der Waals surface area contributed by atoms with Crippen LogP contribution in [-0.4, -0.2) is 31.9 Å². The first-order valence-electron chi connectivity index (χ1n) is 5.77. The molecule has 0 radical (unpaired) electrons. The van der Waals surface area contributed by atoms with Crippen molar-refractivity contribution in [1.82, 2.24) is 5.32 Å². The van der Waals surface area contributed by atoms with Crippen LogP contribution >= 0.6 is 0 Å². The Morgan fingerprint density at radius 2 is 2.00 bits per heavy atom. The van der Waals surface area contributed by atoms with Crippen molar-refractivity contribution in [1.29, 1.82) is 0 Å². The molecular formula is C13H16FNO4. The highest BCUT2D eigenvalue weighted by atomic mass is 19.1. The smallest absolute Gasteiger partial charge is 0.407 e. The maximum absolute atomic E-state index is 13.2. The molecule has 1 N–H and O–H groups in total. The van der Waals surface area contributed by atoms with E-state index in [1.165, 1.54) is 7.11 Å². The summed E-state index contributed by atoms with van der Waals surface area (Å²) in [5, 5.41) is 2.24. The van der Waals surface area contributed by atoms with E-state index in [-0.39, 0.29) is 13.2 Å². The van der Waals surface area contributed by atoms with Gasteiger partial charge < -0.3 is 14.8 Å². The van der Waals surface area contributed by atoms with Crippen molar-refractivity contribution in [2.45, 2.75) is 19.2 Å². The molecule has 104 valence electrons. The van der Waals surface area contributed by atoms with Crippen LogP contribution in [0.15, 0.2) is 30.3 Å². The molecule has 0 aliphatic heterocycles. The normalized spacial score (nSPS) is 11.5. The van der Waals surface area contributed by atoms with E-state index in [0.29, 0.717) is 0 Å². The molecule has 0 fully saturated rings. The van der Waals surface area contributed by atoms with E-state index >= 15 is 0 Å². The fraction of sp³-hybridized carbons (Fsp3) is 0.385. The number of carbonyl (C=O) groups excluding carboxylic acids is 2. The van der Waals surface area contributed by atoms with Crippen molar-refractivity contribution in [2.24, 2.45) is 0 Å². The van der Waals surface area contributed by atoms with Crippen LogP contribution in [0.5, 0.6) is 0 Å². The third-order valence-electron chi connectivity index (χ3n) is 2.30. The van der Waals surface area contributed by atoms with E-state index in [9.17, 15) is 14.0 Å². The molecule has 6 heteroatoms. The number of esters is 1. The number of amides is 1. The van der Waals surface area contributed by atoms with Crippen LogP contribution in [0.2, 0.25) is 0 Å². The van der Waals surface area contributed by atoms with Gasteiger partial charge in [0.2, 0.25) is 0 Å². The molecule has 5 nitrogen and oxygen atoms in total. The number of hydrogen-bond acceptors (Lipinski definition) is 4. The van der Waals surface area contributed by atoms with Gasteiger partial charge in [-0.1, -0.05) is 30.3 Å². The van der Waals surface area contributed by atoms with E-state index in [1.54, 1.807) is 0 Å². The minimum Gasteiger partial charge on any atom is -0.469 e. The van der Waals surface area contributed by atoms with Gasteiger partial charge in [0.1, 0.15) is 12.8 Å². The monoisotopic (exact) mass is 269 g/mol. The van der Waals surface area contributed by atoms with Crippen LogP contribution in [0.3, 0.4) is 0 Å². The summed E-state index contributed by atoms with van der Waals surface area (Å²) in [6.07, 6.45) is -2.61. The molecule has 1 aromatic rings. The van der Waals surface area contributed by atoms with Crippen LogP contribution in [0.4, 0.5) is 9.18 Å². The standard InChI is InChI=1S/C13H16FNO4/c1-18-12(16)7-11(14)8-15-13(17)19-9-10-5-3-2-4-6-10/h2-6,11H,7-9H2,1H3,(H,15,17)/t11-/m1/s1. The van der Waals surface area contributed by atoms with Gasteiger partial charge in [0.05, 0.1) is 20.1 Å². The first-order chi connectivity index (χ1) is 9.11. The Hall–Kier alpha value is -2.11. The average Bonchev–Trinajstić information content (AvgIpc) is 2.43. The van der Waals surface area contributed by atoms with Crippen molar-refractivity contribution in [2.75, 3.05) is 13.7 Å². The first kappa shape index (κ1) is 14.9. The predicted octanol–water partition coefficient (Wildman–Crippen LogP) is 1.81. The van der Waals surface area contributed by atoms with Gasteiger partial charge in [0, 0.05) is 0 Å². The minimum absolute atomic E-state index is 0.112. The Labute approximate surface area is 110 Å². The van der Waals surface area contributed by atoms with Crippen LogP contribution in [0, 0.1) is 0 Å². The van der Waals surface area contributed by atoms with Crippen LogP contribution in [-0.2, 0) is 20.9 Å². The largest absolute Gasteiger partial charge is 0.469 e. The summed E-state index contributed by atoms with van der Waals surface area (Å²) in [4.78, 5) is 22.0. The molecule has 1 atom stereocenters. The molecule has 0 aromatic heterocycles. The summed E-state index contributed by atoms with van der Waals surface area (Å²) in [7, 11) is 1.18. The van der Waals surface area contributed by atoms with Crippen LogP contribution in [0.1, 0.15) is 12.0 Å². The molecule has 1 aromatic carbocycles. The average molecular weight is 269 g/mol. The zero-order valence-electron chi connectivity index (χ0n) is 10.6. The second kappa shape index (κ2) is 8.07. The van der Waals surface area contributed by atoms with Gasteiger partial charge in [-0.15, -0.1) is 0 Å². The lowest BCUT2D eigenvalue weighted by Gasteiger charge is -2.09. The fourth-order valence-electron chi connectivity index (χ4n) is 1.30. The maximum Gasteiger partial charge on any atom is 0.407 e. The van der Waals surface area contributed by atoms with Gasteiger partial charge in [-0.25, -0.2) is 9.18 Å². The number of hydrogen-bond donors (Lipinski definition) is 1. The Morgan fingerprint density at radius 1 is 1.32 bits per heavy atom. The number of halogens is 1. The number of nitrogens with one attached hydrogen (secondary N) is 1. The number of carbonyl (C=O) groups is 2. The molecule has 0 bridgehead atoms. The van der Waals surface area contributed by atoms with E-state index < -0.39 is 24.7 Å². The Morgan fingerprint density at radius 3 is 2.63 bits per heavy atom. The van der Waals surface area contributed by atoms with Gasteiger partial charge in [0.25, 0.3) is 0 Å². The molecule has 0 saturated heterocycles. The molecule has 19 heavy (non-hydrogen) atoms. The van der Waals surface area contributed by atoms with Crippen molar-refractivity contribution in [3.05, 3.63) is 35.9 Å². The third-order valence-corrected chi connectivity index (χ3v) is 2.30.